The van der Waals surface area contributed by atoms with Crippen molar-refractivity contribution in [1.29, 1.82) is 0 Å². The van der Waals surface area contributed by atoms with Gasteiger partial charge in [-0.05, 0) is 57.8 Å². The van der Waals surface area contributed by atoms with E-state index in [4.69, 9.17) is 18.9 Å². The Kier molecular flexibility index (Phi) is 66.3. The largest absolute Gasteiger partial charge is 0.394 e. The van der Waals surface area contributed by atoms with Crippen LogP contribution in [0.15, 0.2) is 60.8 Å². The first-order valence-electron chi connectivity index (χ1n) is 43.0. The van der Waals surface area contributed by atoms with E-state index in [9.17, 15) is 45.6 Å². The molecule has 592 valence electrons. The first-order chi connectivity index (χ1) is 49.6. The van der Waals surface area contributed by atoms with Gasteiger partial charge in [-0.1, -0.05) is 389 Å². The van der Waals surface area contributed by atoms with Gasteiger partial charge in [-0.15, -0.1) is 0 Å². The maximum Gasteiger partial charge on any atom is 0.220 e. The number of ether oxygens (including phenoxy) is 4. The normalized spacial score (nSPS) is 22.0. The van der Waals surface area contributed by atoms with E-state index in [1.807, 2.05) is 0 Å². The highest BCUT2D eigenvalue weighted by molar-refractivity contribution is 5.76. The summed E-state index contributed by atoms with van der Waals surface area (Å²) in [6.45, 7) is 2.82. The molecular formula is C87H161NO13. The Morgan fingerprint density at radius 3 is 1.05 bits per heavy atom. The van der Waals surface area contributed by atoms with Gasteiger partial charge in [-0.2, -0.15) is 0 Å². The molecule has 0 aromatic rings. The van der Waals surface area contributed by atoms with E-state index >= 15 is 0 Å². The van der Waals surface area contributed by atoms with E-state index in [0.29, 0.717) is 12.8 Å². The van der Waals surface area contributed by atoms with Crippen LogP contribution < -0.4 is 5.32 Å². The van der Waals surface area contributed by atoms with Gasteiger partial charge in [0, 0.05) is 6.42 Å². The number of amides is 1. The van der Waals surface area contributed by atoms with E-state index < -0.39 is 86.8 Å². The van der Waals surface area contributed by atoms with Crippen LogP contribution in [0.1, 0.15) is 393 Å². The van der Waals surface area contributed by atoms with E-state index in [2.05, 4.69) is 79.9 Å². The molecule has 0 aliphatic carbocycles. The lowest BCUT2D eigenvalue weighted by molar-refractivity contribution is -0.359. The Morgan fingerprint density at radius 2 is 0.683 bits per heavy atom. The zero-order chi connectivity index (χ0) is 73.0. The van der Waals surface area contributed by atoms with Gasteiger partial charge >= 0.3 is 0 Å². The summed E-state index contributed by atoms with van der Waals surface area (Å²) < 4.78 is 23.0. The van der Waals surface area contributed by atoms with Crippen LogP contribution in [-0.2, 0) is 23.7 Å². The molecule has 101 heavy (non-hydrogen) atoms. The highest BCUT2D eigenvalue weighted by atomic mass is 16.7. The summed E-state index contributed by atoms with van der Waals surface area (Å²) in [6.07, 6.45) is 79.9. The molecule has 9 N–H and O–H groups in total. The molecule has 2 heterocycles. The van der Waals surface area contributed by atoms with Crippen LogP contribution >= 0.6 is 0 Å². The average Bonchev–Trinajstić information content (AvgIpc) is 0.790. The van der Waals surface area contributed by atoms with Crippen LogP contribution in [0.2, 0.25) is 0 Å². The van der Waals surface area contributed by atoms with Crippen molar-refractivity contribution in [3.63, 3.8) is 0 Å². The predicted octanol–water partition coefficient (Wildman–Crippen LogP) is 20.3. The molecule has 12 unspecified atom stereocenters. The smallest absolute Gasteiger partial charge is 0.220 e. The SMILES string of the molecule is CC/C=C\C/C=C\C/C=C\C/C=C\C/C=C\CCCCCCCCCCCCCCCCCCCCCCCCCC(=O)NC(COC1OC(CO)C(OC2OC(CO)C(O)C(O)C2O)C(O)C1O)C(O)CCCCCCCCCCCCCCCCCCCCCCCCCCCCCC. The summed E-state index contributed by atoms with van der Waals surface area (Å²) in [5, 5.41) is 88.0. The van der Waals surface area contributed by atoms with Crippen molar-refractivity contribution in [3.8, 4) is 0 Å². The molecule has 2 aliphatic heterocycles. The molecule has 2 rings (SSSR count). The summed E-state index contributed by atoms with van der Waals surface area (Å²) in [6, 6.07) is -0.830. The van der Waals surface area contributed by atoms with Gasteiger partial charge in [0.25, 0.3) is 0 Å². The van der Waals surface area contributed by atoms with E-state index in [1.165, 1.54) is 283 Å². The molecule has 0 radical (unpaired) electrons. The number of aliphatic hydroxyl groups excluding tert-OH is 8. The molecule has 0 spiro atoms. The fraction of sp³-hybridized carbons (Fsp3) is 0.874. The van der Waals surface area contributed by atoms with E-state index in [0.717, 1.165) is 83.5 Å². The second-order valence-corrected chi connectivity index (χ2v) is 30.3. The quantitative estimate of drug-likeness (QED) is 0.0204. The van der Waals surface area contributed by atoms with E-state index in [-0.39, 0.29) is 12.5 Å². The minimum atomic E-state index is -1.78. The lowest BCUT2D eigenvalue weighted by Crippen LogP contribution is -2.65. The highest BCUT2D eigenvalue weighted by Gasteiger charge is 2.51. The third-order valence-corrected chi connectivity index (χ3v) is 21.0. The van der Waals surface area contributed by atoms with Crippen molar-refractivity contribution < 1.29 is 64.6 Å². The van der Waals surface area contributed by atoms with Crippen molar-refractivity contribution in [2.75, 3.05) is 19.8 Å². The van der Waals surface area contributed by atoms with Crippen molar-refractivity contribution in [2.45, 2.75) is 466 Å². The predicted molar refractivity (Wildman–Crippen MR) is 420 cm³/mol. The van der Waals surface area contributed by atoms with Crippen molar-refractivity contribution in [2.24, 2.45) is 0 Å². The summed E-state index contributed by atoms with van der Waals surface area (Å²) in [5.41, 5.74) is 0. The molecule has 1 amide bonds. The monoisotopic (exact) mass is 1430 g/mol. The van der Waals surface area contributed by atoms with Gasteiger partial charge in [0.1, 0.15) is 48.8 Å². The van der Waals surface area contributed by atoms with Crippen molar-refractivity contribution >= 4 is 5.91 Å². The molecule has 2 fully saturated rings. The van der Waals surface area contributed by atoms with Crippen LogP contribution in [-0.4, -0.2) is 140 Å². The molecule has 0 saturated carbocycles. The van der Waals surface area contributed by atoms with Gasteiger partial charge in [0.05, 0.1) is 32.0 Å². The third-order valence-electron chi connectivity index (χ3n) is 21.0. The molecule has 12 atom stereocenters. The molecule has 2 aliphatic rings. The number of carbonyl (C=O) groups is 1. The molecule has 14 heteroatoms. The molecular weight excluding hydrogens is 1270 g/mol. The maximum absolute atomic E-state index is 13.4. The van der Waals surface area contributed by atoms with Gasteiger partial charge in [-0.25, -0.2) is 0 Å². The minimum Gasteiger partial charge on any atom is -0.394 e. The number of hydrogen-bond acceptors (Lipinski definition) is 13. The number of hydrogen-bond donors (Lipinski definition) is 9. The first kappa shape index (κ1) is 94.8. The second kappa shape index (κ2) is 70.7. The Hall–Kier alpha value is -2.31. The van der Waals surface area contributed by atoms with Gasteiger partial charge in [0.2, 0.25) is 5.91 Å². The zero-order valence-electron chi connectivity index (χ0n) is 65.2. The summed E-state index contributed by atoms with van der Waals surface area (Å²) >= 11 is 0. The highest BCUT2D eigenvalue weighted by Crippen LogP contribution is 2.31. The summed E-state index contributed by atoms with van der Waals surface area (Å²) in [5.74, 6) is -0.198. The van der Waals surface area contributed by atoms with Gasteiger partial charge in [0.15, 0.2) is 12.6 Å². The maximum atomic E-state index is 13.4. The lowest BCUT2D eigenvalue weighted by Gasteiger charge is -2.46. The Morgan fingerprint density at radius 1 is 0.366 bits per heavy atom. The molecule has 0 aromatic heterocycles. The first-order valence-corrected chi connectivity index (χ1v) is 43.0. The molecule has 14 nitrogen and oxygen atoms in total. The standard InChI is InChI=1S/C87H161NO13/c1-3-5-7-9-11-13-15-17-19-21-23-25-27-29-31-33-34-35-36-37-38-39-40-41-42-43-45-47-49-51-53-55-57-59-61-63-65-67-69-71-79(92)88-75(74-98-86-84(97)82(95)85(78(73-90)100-86)101-87-83(96)81(94)80(93)77(72-89)99-87)76(91)70-68-66-64-62-60-58-56-54-52-50-48-46-44-32-30-28-26-24-22-20-18-16-14-12-10-8-6-4-2/h5,7,11,13,17,19,23,25,29,31,75-78,80-87,89-91,93-97H,3-4,6,8-10,12,14-16,18,20-22,24,26-28,30,32-74H2,1-2H3,(H,88,92)/b7-5-,13-11-,19-17-,25-23-,31-29-. The Balaban J connectivity index is 1.56. The van der Waals surface area contributed by atoms with Crippen molar-refractivity contribution in [1.82, 2.24) is 5.32 Å². The fourth-order valence-electron chi connectivity index (χ4n) is 14.3. The fourth-order valence-corrected chi connectivity index (χ4v) is 14.3. The average molecular weight is 1430 g/mol. The molecule has 0 aromatic carbocycles. The van der Waals surface area contributed by atoms with Gasteiger partial charge < -0.3 is 65.1 Å². The topological polar surface area (TPSA) is 228 Å². The van der Waals surface area contributed by atoms with E-state index in [1.54, 1.807) is 0 Å². The minimum absolute atomic E-state index is 0.198. The Bertz CT molecular complexity index is 1930. The number of unbranched alkanes of at least 4 members (excludes halogenated alkanes) is 50. The Labute approximate surface area is 619 Å². The van der Waals surface area contributed by atoms with Crippen LogP contribution in [0.3, 0.4) is 0 Å². The third kappa shape index (κ3) is 53.2. The summed E-state index contributed by atoms with van der Waals surface area (Å²) in [7, 11) is 0. The number of rotatable bonds is 73. The summed E-state index contributed by atoms with van der Waals surface area (Å²) in [4.78, 5) is 13.4. The van der Waals surface area contributed by atoms with Crippen molar-refractivity contribution in [3.05, 3.63) is 60.8 Å². The number of aliphatic hydroxyl groups is 8. The second-order valence-electron chi connectivity index (χ2n) is 30.3. The number of carbonyl (C=O) groups excluding carboxylic acids is 1. The van der Waals surface area contributed by atoms with Crippen LogP contribution in [0.4, 0.5) is 0 Å². The number of nitrogens with one attached hydrogen (secondary N) is 1. The van der Waals surface area contributed by atoms with Crippen LogP contribution in [0.5, 0.6) is 0 Å². The van der Waals surface area contributed by atoms with Crippen LogP contribution in [0, 0.1) is 0 Å². The zero-order valence-corrected chi connectivity index (χ0v) is 65.2. The number of allylic oxidation sites excluding steroid dienone is 10. The van der Waals surface area contributed by atoms with Crippen LogP contribution in [0.25, 0.3) is 0 Å². The van der Waals surface area contributed by atoms with Gasteiger partial charge in [-0.3, -0.25) is 4.79 Å². The molecule has 0 bridgehead atoms. The lowest BCUT2D eigenvalue weighted by atomic mass is 9.97. The molecule has 2 saturated heterocycles.